The molecule has 92 valence electrons. The van der Waals surface area contributed by atoms with Gasteiger partial charge >= 0.3 is 0 Å². The zero-order chi connectivity index (χ0) is 13.0. The first-order chi connectivity index (χ1) is 8.69. The van der Waals surface area contributed by atoms with Crippen LogP contribution in [0.4, 0.5) is 5.69 Å². The van der Waals surface area contributed by atoms with Gasteiger partial charge in [-0.25, -0.2) is 0 Å². The fraction of sp³-hybridized carbons (Fsp3) is 0.0714. The largest absolute Gasteiger partial charge is 0.322 e. The molecule has 4 heteroatoms. The molecule has 0 spiro atoms. The number of rotatable bonds is 3. The molecule has 2 nitrogen and oxygen atoms in total. The van der Waals surface area contributed by atoms with Gasteiger partial charge < -0.3 is 5.32 Å². The average Bonchev–Trinajstić information content (AvgIpc) is 2.39. The monoisotopic (exact) mass is 279 g/mol. The van der Waals surface area contributed by atoms with Crippen LogP contribution < -0.4 is 5.32 Å². The van der Waals surface area contributed by atoms with E-state index in [4.69, 9.17) is 23.2 Å². The average molecular weight is 280 g/mol. The summed E-state index contributed by atoms with van der Waals surface area (Å²) < 4.78 is 0. The minimum Gasteiger partial charge on any atom is -0.322 e. The van der Waals surface area contributed by atoms with E-state index in [2.05, 4.69) is 5.32 Å². The highest BCUT2D eigenvalue weighted by Gasteiger charge is 2.06. The molecular weight excluding hydrogens is 269 g/mol. The predicted molar refractivity (Wildman–Crippen MR) is 75.4 cm³/mol. The van der Waals surface area contributed by atoms with Crippen LogP contribution in [-0.4, -0.2) is 5.91 Å². The fourth-order valence-corrected chi connectivity index (χ4v) is 1.92. The van der Waals surface area contributed by atoms with Crippen LogP contribution in [0.25, 0.3) is 0 Å². The summed E-state index contributed by atoms with van der Waals surface area (Å²) in [5.41, 5.74) is 2.21. The Morgan fingerprint density at radius 2 is 1.89 bits per heavy atom. The van der Waals surface area contributed by atoms with Gasteiger partial charge in [-0.3, -0.25) is 4.79 Å². The highest BCUT2D eigenvalue weighted by molar-refractivity contribution is 6.31. The number of carbonyl (C=O) groups excluding carboxylic acids is 1. The number of anilines is 1. The lowest BCUT2D eigenvalue weighted by molar-refractivity contribution is 0.102. The Kier molecular flexibility index (Phi) is 4.24. The van der Waals surface area contributed by atoms with E-state index in [0.29, 0.717) is 16.5 Å². The van der Waals surface area contributed by atoms with Crippen molar-refractivity contribution in [3.63, 3.8) is 0 Å². The molecule has 2 aromatic rings. The first-order valence-corrected chi connectivity index (χ1v) is 6.32. The zero-order valence-corrected chi connectivity index (χ0v) is 11.0. The number of carbonyl (C=O) groups is 1. The molecule has 0 aliphatic rings. The molecule has 0 aromatic heterocycles. The summed E-state index contributed by atoms with van der Waals surface area (Å²) in [6.45, 7) is 0. The quantitative estimate of drug-likeness (QED) is 0.833. The van der Waals surface area contributed by atoms with Crippen molar-refractivity contribution in [1.29, 1.82) is 0 Å². The van der Waals surface area contributed by atoms with E-state index in [0.717, 1.165) is 11.3 Å². The smallest absolute Gasteiger partial charge is 0.255 e. The summed E-state index contributed by atoms with van der Waals surface area (Å²) in [7, 11) is 0. The molecule has 0 atom stereocenters. The zero-order valence-electron chi connectivity index (χ0n) is 9.49. The number of halogens is 2. The third-order valence-electron chi connectivity index (χ3n) is 2.43. The minimum atomic E-state index is -0.191. The molecule has 0 bridgehead atoms. The van der Waals surface area contributed by atoms with E-state index < -0.39 is 0 Å². The van der Waals surface area contributed by atoms with Gasteiger partial charge in [0.15, 0.2) is 0 Å². The highest BCUT2D eigenvalue weighted by Crippen LogP contribution is 2.15. The Balaban J connectivity index is 2.16. The minimum absolute atomic E-state index is 0.191. The van der Waals surface area contributed by atoms with Crippen LogP contribution in [0.3, 0.4) is 0 Å². The van der Waals surface area contributed by atoms with Gasteiger partial charge in [0.2, 0.25) is 0 Å². The van der Waals surface area contributed by atoms with Gasteiger partial charge in [-0.2, -0.15) is 0 Å². The van der Waals surface area contributed by atoms with Crippen molar-refractivity contribution in [2.24, 2.45) is 0 Å². The molecule has 2 rings (SSSR count). The van der Waals surface area contributed by atoms with Gasteiger partial charge in [0.25, 0.3) is 5.91 Å². The maximum Gasteiger partial charge on any atom is 0.255 e. The van der Waals surface area contributed by atoms with Crippen LogP contribution >= 0.6 is 23.2 Å². The molecule has 0 heterocycles. The van der Waals surface area contributed by atoms with Crippen molar-refractivity contribution in [2.75, 3.05) is 5.32 Å². The molecule has 0 saturated carbocycles. The Hall–Kier alpha value is -1.51. The standard InChI is InChI=1S/C14H11Cl2NO/c15-9-10-3-1-6-13(7-10)17-14(18)11-4-2-5-12(16)8-11/h1-8H,9H2,(H,17,18). The van der Waals surface area contributed by atoms with Gasteiger partial charge in [0.05, 0.1) is 0 Å². The summed E-state index contributed by atoms with van der Waals surface area (Å²) in [5.74, 6) is 0.227. The summed E-state index contributed by atoms with van der Waals surface area (Å²) in [6, 6.07) is 14.2. The number of amides is 1. The van der Waals surface area contributed by atoms with Crippen LogP contribution in [0, 0.1) is 0 Å². The lowest BCUT2D eigenvalue weighted by Crippen LogP contribution is -2.11. The van der Waals surface area contributed by atoms with Gasteiger partial charge in [0, 0.05) is 22.2 Å². The van der Waals surface area contributed by atoms with E-state index in [1.54, 1.807) is 24.3 Å². The normalized spacial score (nSPS) is 10.1. The van der Waals surface area contributed by atoms with Crippen LogP contribution in [-0.2, 0) is 5.88 Å². The molecule has 0 saturated heterocycles. The molecular formula is C14H11Cl2NO. The van der Waals surface area contributed by atoms with Crippen LogP contribution in [0.5, 0.6) is 0 Å². The number of hydrogen-bond donors (Lipinski definition) is 1. The molecule has 18 heavy (non-hydrogen) atoms. The molecule has 1 N–H and O–H groups in total. The molecule has 0 unspecified atom stereocenters. The van der Waals surface area contributed by atoms with Gasteiger partial charge in [-0.15, -0.1) is 11.6 Å². The molecule has 0 aliphatic carbocycles. The van der Waals surface area contributed by atoms with Gasteiger partial charge in [0.1, 0.15) is 0 Å². The number of alkyl halides is 1. The molecule has 2 aromatic carbocycles. The van der Waals surface area contributed by atoms with Crippen molar-refractivity contribution in [3.05, 3.63) is 64.7 Å². The van der Waals surface area contributed by atoms with Crippen molar-refractivity contribution < 1.29 is 4.79 Å². The second kappa shape index (κ2) is 5.89. The van der Waals surface area contributed by atoms with E-state index in [1.165, 1.54) is 0 Å². The maximum atomic E-state index is 12.0. The lowest BCUT2D eigenvalue weighted by Gasteiger charge is -2.06. The summed E-state index contributed by atoms with van der Waals surface area (Å²) in [4.78, 5) is 12.0. The first kappa shape index (κ1) is 12.9. The van der Waals surface area contributed by atoms with E-state index in [9.17, 15) is 4.79 Å². The first-order valence-electron chi connectivity index (χ1n) is 5.41. The Bertz CT molecular complexity index is 569. The second-order valence-electron chi connectivity index (χ2n) is 3.80. The Morgan fingerprint density at radius 1 is 1.11 bits per heavy atom. The number of nitrogens with one attached hydrogen (secondary N) is 1. The Labute approximate surface area is 116 Å². The van der Waals surface area contributed by atoms with Crippen molar-refractivity contribution in [2.45, 2.75) is 5.88 Å². The van der Waals surface area contributed by atoms with Crippen LogP contribution in [0.15, 0.2) is 48.5 Å². The molecule has 0 radical (unpaired) electrons. The summed E-state index contributed by atoms with van der Waals surface area (Å²) in [6.07, 6.45) is 0. The molecule has 0 aliphatic heterocycles. The third kappa shape index (κ3) is 3.25. The fourth-order valence-electron chi connectivity index (χ4n) is 1.57. The second-order valence-corrected chi connectivity index (χ2v) is 4.50. The van der Waals surface area contributed by atoms with E-state index in [-0.39, 0.29) is 5.91 Å². The molecule has 1 amide bonds. The molecule has 0 fully saturated rings. The van der Waals surface area contributed by atoms with Crippen molar-refractivity contribution in [1.82, 2.24) is 0 Å². The van der Waals surface area contributed by atoms with Gasteiger partial charge in [-0.05, 0) is 35.9 Å². The predicted octanol–water partition coefficient (Wildman–Crippen LogP) is 4.33. The SMILES string of the molecule is O=C(Nc1cccc(CCl)c1)c1cccc(Cl)c1. The van der Waals surface area contributed by atoms with Crippen molar-refractivity contribution >= 4 is 34.8 Å². The number of benzene rings is 2. The van der Waals surface area contributed by atoms with Crippen molar-refractivity contribution in [3.8, 4) is 0 Å². The summed E-state index contributed by atoms with van der Waals surface area (Å²) in [5, 5.41) is 3.34. The van der Waals surface area contributed by atoms with Gasteiger partial charge in [-0.1, -0.05) is 29.8 Å². The summed E-state index contributed by atoms with van der Waals surface area (Å²) >= 11 is 11.6. The third-order valence-corrected chi connectivity index (χ3v) is 2.97. The lowest BCUT2D eigenvalue weighted by atomic mass is 10.2. The van der Waals surface area contributed by atoms with E-state index in [1.807, 2.05) is 24.3 Å². The maximum absolute atomic E-state index is 12.0. The Morgan fingerprint density at radius 3 is 2.61 bits per heavy atom. The van der Waals surface area contributed by atoms with Crippen LogP contribution in [0.2, 0.25) is 5.02 Å². The highest BCUT2D eigenvalue weighted by atomic mass is 35.5. The topological polar surface area (TPSA) is 29.1 Å². The van der Waals surface area contributed by atoms with E-state index >= 15 is 0 Å². The van der Waals surface area contributed by atoms with Crippen LogP contribution in [0.1, 0.15) is 15.9 Å². The number of hydrogen-bond acceptors (Lipinski definition) is 1.